The fraction of sp³-hybridized carbons (Fsp3) is 0.385. The van der Waals surface area contributed by atoms with E-state index in [1.807, 2.05) is 58.8 Å². The van der Waals surface area contributed by atoms with Gasteiger partial charge in [0.2, 0.25) is 5.95 Å². The van der Waals surface area contributed by atoms with Crippen LogP contribution >= 0.6 is 0 Å². The number of halogens is 1. The number of phenolic OH excluding ortho intramolecular Hbond substituents is 1. The van der Waals surface area contributed by atoms with E-state index < -0.39 is 5.82 Å². The lowest BCUT2D eigenvalue weighted by Gasteiger charge is -2.18. The van der Waals surface area contributed by atoms with Gasteiger partial charge in [-0.05, 0) is 18.2 Å². The average molecular weight is 515 g/mol. The first-order valence-corrected chi connectivity index (χ1v) is 12.1. The fourth-order valence-electron chi connectivity index (χ4n) is 2.82. The van der Waals surface area contributed by atoms with Crippen LogP contribution < -0.4 is 20.5 Å². The van der Waals surface area contributed by atoms with Gasteiger partial charge in [-0.3, -0.25) is 4.98 Å². The molecule has 0 amide bonds. The number of anilines is 5. The number of aromatic hydroxyl groups is 1. The highest BCUT2D eigenvalue weighted by Crippen LogP contribution is 2.27. The molecule has 3 N–H and O–H groups in total. The summed E-state index contributed by atoms with van der Waals surface area (Å²) in [6, 6.07) is 8.85. The summed E-state index contributed by atoms with van der Waals surface area (Å²) in [7, 11) is 7.10. The topological polar surface area (TPSA) is 111 Å². The van der Waals surface area contributed by atoms with Gasteiger partial charge in [-0.2, -0.15) is 10.1 Å². The summed E-state index contributed by atoms with van der Waals surface area (Å²) in [5.74, 6) is -0.0525. The molecule has 0 aliphatic carbocycles. The number of nitrogens with one attached hydrogen (secondary N) is 2. The molecule has 3 rings (SSSR count). The zero-order valence-corrected chi connectivity index (χ0v) is 22.9. The molecule has 2 aromatic heterocycles. The second-order valence-electron chi connectivity index (χ2n) is 7.38. The van der Waals surface area contributed by atoms with Crippen LogP contribution in [0.25, 0.3) is 0 Å². The van der Waals surface area contributed by atoms with E-state index in [0.717, 1.165) is 23.3 Å². The Kier molecular flexibility index (Phi) is 14.0. The molecule has 0 radical (unpaired) electrons. The Morgan fingerprint density at radius 1 is 1.03 bits per heavy atom. The Morgan fingerprint density at radius 3 is 2.38 bits per heavy atom. The van der Waals surface area contributed by atoms with Crippen LogP contribution in [0.4, 0.5) is 33.2 Å². The predicted molar refractivity (Wildman–Crippen MR) is 151 cm³/mol. The minimum atomic E-state index is -0.530. The van der Waals surface area contributed by atoms with Crippen molar-refractivity contribution < 1.29 is 14.2 Å². The molecular formula is C26H39FN8O2. The molecule has 1 aromatic carbocycles. The monoisotopic (exact) mass is 514 g/mol. The number of rotatable bonds is 10. The lowest BCUT2D eigenvalue weighted by Crippen LogP contribution is -2.24. The van der Waals surface area contributed by atoms with Crippen molar-refractivity contribution in [2.45, 2.75) is 27.7 Å². The Hall–Kier alpha value is -3.99. The van der Waals surface area contributed by atoms with E-state index in [1.54, 1.807) is 43.5 Å². The molecule has 0 unspecified atom stereocenters. The number of hydrogen-bond acceptors (Lipinski definition) is 10. The first kappa shape index (κ1) is 31.0. The van der Waals surface area contributed by atoms with E-state index in [2.05, 4.69) is 30.8 Å². The van der Waals surface area contributed by atoms with Crippen molar-refractivity contribution >= 4 is 35.0 Å². The molecule has 202 valence electrons. The lowest BCUT2D eigenvalue weighted by molar-refractivity contribution is 0.206. The van der Waals surface area contributed by atoms with Gasteiger partial charge in [0.05, 0.1) is 36.6 Å². The SMILES string of the molecule is CC.CC.COCCN(C)c1nc(N/N=C/c2ccc(Nc3cc(O)cc(N(C)C)c3)cn2)ncc1F. The van der Waals surface area contributed by atoms with Gasteiger partial charge >= 0.3 is 0 Å². The normalized spacial score (nSPS) is 10.1. The molecule has 0 aliphatic rings. The molecule has 0 saturated heterocycles. The van der Waals surface area contributed by atoms with E-state index >= 15 is 0 Å². The number of pyridine rings is 1. The zero-order valence-electron chi connectivity index (χ0n) is 22.9. The molecular weight excluding hydrogens is 475 g/mol. The zero-order chi connectivity index (χ0) is 27.8. The molecule has 0 bridgehead atoms. The molecule has 2 heterocycles. The molecule has 0 atom stereocenters. The lowest BCUT2D eigenvalue weighted by atomic mass is 10.2. The van der Waals surface area contributed by atoms with Crippen molar-refractivity contribution in [3.8, 4) is 5.75 Å². The van der Waals surface area contributed by atoms with Crippen LogP contribution in [0.5, 0.6) is 5.75 Å². The Labute approximate surface area is 219 Å². The van der Waals surface area contributed by atoms with Gasteiger partial charge in [0.25, 0.3) is 0 Å². The number of phenols is 1. The van der Waals surface area contributed by atoms with Crippen molar-refractivity contribution in [3.05, 3.63) is 54.2 Å². The highest BCUT2D eigenvalue weighted by Gasteiger charge is 2.11. The number of methoxy groups -OCH3 is 1. The van der Waals surface area contributed by atoms with Crippen LogP contribution in [-0.4, -0.2) is 67.7 Å². The fourth-order valence-corrected chi connectivity index (χ4v) is 2.82. The largest absolute Gasteiger partial charge is 0.508 e. The number of hydrazone groups is 1. The van der Waals surface area contributed by atoms with Crippen LogP contribution in [0.15, 0.2) is 47.8 Å². The second kappa shape index (κ2) is 16.6. The van der Waals surface area contributed by atoms with E-state index in [9.17, 15) is 9.50 Å². The number of ether oxygens (including phenoxy) is 1. The number of nitrogens with zero attached hydrogens (tertiary/aromatic N) is 6. The van der Waals surface area contributed by atoms with Gasteiger partial charge < -0.3 is 25.0 Å². The van der Waals surface area contributed by atoms with E-state index in [4.69, 9.17) is 4.74 Å². The van der Waals surface area contributed by atoms with Gasteiger partial charge in [-0.15, -0.1) is 0 Å². The van der Waals surface area contributed by atoms with Crippen LogP contribution in [0, 0.1) is 5.82 Å². The molecule has 11 heteroatoms. The third-order valence-electron chi connectivity index (χ3n) is 4.57. The molecule has 0 saturated carbocycles. The van der Waals surface area contributed by atoms with E-state index in [1.165, 1.54) is 6.21 Å². The molecule has 0 aliphatic heterocycles. The summed E-state index contributed by atoms with van der Waals surface area (Å²) in [5.41, 5.74) is 5.64. The van der Waals surface area contributed by atoms with E-state index in [-0.39, 0.29) is 17.5 Å². The summed E-state index contributed by atoms with van der Waals surface area (Å²) in [6.45, 7) is 8.93. The van der Waals surface area contributed by atoms with Gasteiger partial charge in [-0.25, -0.2) is 14.8 Å². The van der Waals surface area contributed by atoms with Gasteiger partial charge in [0.1, 0.15) is 5.75 Å². The maximum atomic E-state index is 14.0. The maximum absolute atomic E-state index is 14.0. The summed E-state index contributed by atoms with van der Waals surface area (Å²) < 4.78 is 19.0. The van der Waals surface area contributed by atoms with Crippen LogP contribution in [0.1, 0.15) is 33.4 Å². The van der Waals surface area contributed by atoms with Gasteiger partial charge in [0.15, 0.2) is 11.6 Å². The third-order valence-corrected chi connectivity index (χ3v) is 4.57. The molecule has 10 nitrogen and oxygen atoms in total. The van der Waals surface area contributed by atoms with Crippen molar-refractivity contribution in [1.29, 1.82) is 0 Å². The maximum Gasteiger partial charge on any atom is 0.245 e. The summed E-state index contributed by atoms with van der Waals surface area (Å²) >= 11 is 0. The predicted octanol–water partition coefficient (Wildman–Crippen LogP) is 5.11. The van der Waals surface area contributed by atoms with Crippen molar-refractivity contribution in [1.82, 2.24) is 15.0 Å². The number of aromatic nitrogens is 3. The second-order valence-corrected chi connectivity index (χ2v) is 7.38. The first-order chi connectivity index (χ1) is 17.9. The summed E-state index contributed by atoms with van der Waals surface area (Å²) in [4.78, 5) is 15.9. The van der Waals surface area contributed by atoms with Crippen LogP contribution in [-0.2, 0) is 4.74 Å². The molecule has 37 heavy (non-hydrogen) atoms. The Morgan fingerprint density at radius 2 is 1.76 bits per heavy atom. The van der Waals surface area contributed by atoms with Crippen LogP contribution in [0.2, 0.25) is 0 Å². The highest BCUT2D eigenvalue weighted by molar-refractivity contribution is 5.78. The molecule has 3 aromatic rings. The van der Waals surface area contributed by atoms with Crippen LogP contribution in [0.3, 0.4) is 0 Å². The standard InChI is InChI=1S/C22H27FN8O2.2C2H6/c1-30(2)18-9-17(10-19(32)11-18)27-16-6-5-15(24-12-16)13-26-29-22-25-14-20(23)21(28-22)31(3)7-8-33-4;2*1-2/h5-6,9-14,27,32H,7-8H2,1-4H3,(H,25,28,29);2*1-2H3/b26-13+;;. The summed E-state index contributed by atoms with van der Waals surface area (Å²) in [6.07, 6.45) is 4.24. The molecule has 0 fully saturated rings. The minimum absolute atomic E-state index is 0.151. The average Bonchev–Trinajstić information content (AvgIpc) is 2.91. The minimum Gasteiger partial charge on any atom is -0.508 e. The number of hydrogen-bond donors (Lipinski definition) is 3. The Bertz CT molecular complexity index is 1090. The third kappa shape index (κ3) is 10.3. The van der Waals surface area contributed by atoms with Crippen molar-refractivity contribution in [3.63, 3.8) is 0 Å². The highest BCUT2D eigenvalue weighted by atomic mass is 19.1. The summed E-state index contributed by atoms with van der Waals surface area (Å²) in [5, 5.41) is 17.2. The first-order valence-electron chi connectivity index (χ1n) is 12.1. The molecule has 0 spiro atoms. The smallest absolute Gasteiger partial charge is 0.245 e. The van der Waals surface area contributed by atoms with E-state index in [0.29, 0.717) is 18.8 Å². The van der Waals surface area contributed by atoms with Gasteiger partial charge in [-0.1, -0.05) is 27.7 Å². The van der Waals surface area contributed by atoms with Gasteiger partial charge in [0, 0.05) is 58.3 Å². The quantitative estimate of drug-likeness (QED) is 0.251. The number of benzene rings is 1. The van der Waals surface area contributed by atoms with Crippen molar-refractivity contribution in [2.24, 2.45) is 5.10 Å². The van der Waals surface area contributed by atoms with Crippen molar-refractivity contribution in [2.75, 3.05) is 61.9 Å². The number of likely N-dealkylation sites (N-methyl/N-ethyl adjacent to an activating group) is 1. The Balaban J connectivity index is 0.00000163.